The summed E-state index contributed by atoms with van der Waals surface area (Å²) < 4.78 is 3.78. The third-order valence-corrected chi connectivity index (χ3v) is 1.42. The molecule has 0 amide bonds. The highest BCUT2D eigenvalue weighted by Gasteiger charge is 2.30. The Morgan fingerprint density at radius 2 is 1.92 bits per heavy atom. The minimum Gasteiger partial charge on any atom is -0.394 e. The predicted molar refractivity (Wildman–Crippen MR) is 40.2 cm³/mol. The van der Waals surface area contributed by atoms with Crippen LogP contribution in [0.3, 0.4) is 0 Å². The molecule has 0 fully saturated rings. The number of aliphatic hydroxyl groups is 4. The molecular weight excluding hydrogens is 188 g/mol. The molecular formula is C5H10O6S. The van der Waals surface area contributed by atoms with Gasteiger partial charge < -0.3 is 24.6 Å². The molecule has 7 heteroatoms. The zero-order valence-corrected chi connectivity index (χ0v) is 6.89. The molecule has 72 valence electrons. The summed E-state index contributed by atoms with van der Waals surface area (Å²) in [5, 5.41) is 34.8. The summed E-state index contributed by atoms with van der Waals surface area (Å²) in [5.74, 6) is -1.20. The molecule has 0 aliphatic rings. The van der Waals surface area contributed by atoms with Crippen LogP contribution in [-0.2, 0) is 8.98 Å². The summed E-state index contributed by atoms with van der Waals surface area (Å²) in [6.07, 6.45) is -5.29. The van der Waals surface area contributed by atoms with Crippen molar-refractivity contribution in [3.8, 4) is 0 Å². The first-order chi connectivity index (χ1) is 5.54. The van der Waals surface area contributed by atoms with Gasteiger partial charge in [-0.25, -0.2) is 4.79 Å². The van der Waals surface area contributed by atoms with Crippen LogP contribution in [0.4, 0.5) is 0 Å². The SMILES string of the molecule is O=C(OS)C(O)C(O)C(O)CO. The summed E-state index contributed by atoms with van der Waals surface area (Å²) in [6.45, 7) is -0.766. The van der Waals surface area contributed by atoms with Crippen LogP contribution in [0.5, 0.6) is 0 Å². The normalized spacial score (nSPS) is 18.1. The molecule has 12 heavy (non-hydrogen) atoms. The number of carbonyl (C=O) groups excluding carboxylic acids is 1. The molecule has 0 aromatic heterocycles. The van der Waals surface area contributed by atoms with E-state index in [1.807, 2.05) is 0 Å². The number of thiol groups is 1. The van der Waals surface area contributed by atoms with Crippen LogP contribution in [0.25, 0.3) is 0 Å². The standard InChI is InChI=1S/C5H10O6S/c6-1-2(7)3(8)4(9)5(10)11-12/h2-4,6-9,12H,1H2. The summed E-state index contributed by atoms with van der Waals surface area (Å²) in [5.41, 5.74) is 0. The van der Waals surface area contributed by atoms with E-state index in [4.69, 9.17) is 20.4 Å². The van der Waals surface area contributed by atoms with Crippen LogP contribution >= 0.6 is 12.9 Å². The lowest BCUT2D eigenvalue weighted by atomic mass is 10.1. The molecule has 3 unspecified atom stereocenters. The molecule has 3 atom stereocenters. The van der Waals surface area contributed by atoms with E-state index >= 15 is 0 Å². The first-order valence-corrected chi connectivity index (χ1v) is 3.41. The van der Waals surface area contributed by atoms with E-state index in [9.17, 15) is 4.79 Å². The predicted octanol–water partition coefficient (Wildman–Crippen LogP) is -2.55. The summed E-state index contributed by atoms with van der Waals surface area (Å²) >= 11 is 3.08. The van der Waals surface area contributed by atoms with Crippen LogP contribution < -0.4 is 0 Å². The maximum atomic E-state index is 10.5. The van der Waals surface area contributed by atoms with Crippen molar-refractivity contribution >= 4 is 18.9 Å². The summed E-state index contributed by atoms with van der Waals surface area (Å²) in [6, 6.07) is 0. The molecule has 0 aromatic carbocycles. The van der Waals surface area contributed by atoms with Gasteiger partial charge in [-0.2, -0.15) is 0 Å². The lowest BCUT2D eigenvalue weighted by Crippen LogP contribution is -2.43. The number of aliphatic hydroxyl groups excluding tert-OH is 4. The van der Waals surface area contributed by atoms with Gasteiger partial charge in [0.05, 0.1) is 6.61 Å². The van der Waals surface area contributed by atoms with E-state index in [-0.39, 0.29) is 0 Å². The Hall–Kier alpha value is -0.340. The van der Waals surface area contributed by atoms with Crippen LogP contribution in [0.15, 0.2) is 0 Å². The maximum absolute atomic E-state index is 10.5. The van der Waals surface area contributed by atoms with Crippen molar-refractivity contribution in [2.45, 2.75) is 18.3 Å². The van der Waals surface area contributed by atoms with Crippen molar-refractivity contribution in [2.24, 2.45) is 0 Å². The van der Waals surface area contributed by atoms with Gasteiger partial charge in [0, 0.05) is 12.9 Å². The molecule has 0 aliphatic carbocycles. The highest BCUT2D eigenvalue weighted by Crippen LogP contribution is 2.02. The average molecular weight is 198 g/mol. The zero-order chi connectivity index (χ0) is 9.72. The van der Waals surface area contributed by atoms with Crippen molar-refractivity contribution in [1.82, 2.24) is 0 Å². The fourth-order valence-electron chi connectivity index (χ4n) is 0.512. The number of carbonyl (C=O) groups is 1. The van der Waals surface area contributed by atoms with Crippen LogP contribution in [0.1, 0.15) is 0 Å². The molecule has 0 bridgehead atoms. The second-order valence-corrected chi connectivity index (χ2v) is 2.28. The monoisotopic (exact) mass is 198 g/mol. The third kappa shape index (κ3) is 2.95. The van der Waals surface area contributed by atoms with Gasteiger partial charge in [-0.3, -0.25) is 0 Å². The molecule has 0 saturated heterocycles. The Morgan fingerprint density at radius 3 is 2.25 bits per heavy atom. The number of hydrogen-bond acceptors (Lipinski definition) is 7. The topological polar surface area (TPSA) is 107 Å². The van der Waals surface area contributed by atoms with Gasteiger partial charge in [0.1, 0.15) is 12.2 Å². The van der Waals surface area contributed by atoms with Crippen molar-refractivity contribution in [3.63, 3.8) is 0 Å². The quantitative estimate of drug-likeness (QED) is 0.251. The molecule has 0 aromatic rings. The Morgan fingerprint density at radius 1 is 1.42 bits per heavy atom. The first kappa shape index (κ1) is 11.7. The number of rotatable bonds is 4. The van der Waals surface area contributed by atoms with Crippen molar-refractivity contribution in [1.29, 1.82) is 0 Å². The first-order valence-electron chi connectivity index (χ1n) is 3.05. The van der Waals surface area contributed by atoms with Gasteiger partial charge in [0.25, 0.3) is 0 Å². The molecule has 0 aliphatic heterocycles. The van der Waals surface area contributed by atoms with Gasteiger partial charge in [0.2, 0.25) is 0 Å². The minimum absolute atomic E-state index is 0.766. The van der Waals surface area contributed by atoms with Gasteiger partial charge in [-0.15, -0.1) is 0 Å². The fourth-order valence-corrected chi connectivity index (χ4v) is 0.620. The average Bonchev–Trinajstić information content (AvgIpc) is 2.12. The van der Waals surface area contributed by atoms with Crippen molar-refractivity contribution < 1.29 is 29.4 Å². The van der Waals surface area contributed by atoms with Crippen molar-refractivity contribution in [2.75, 3.05) is 6.61 Å². The van der Waals surface area contributed by atoms with E-state index < -0.39 is 30.9 Å². The summed E-state index contributed by atoms with van der Waals surface area (Å²) in [4.78, 5) is 10.5. The van der Waals surface area contributed by atoms with Crippen molar-refractivity contribution in [3.05, 3.63) is 0 Å². The highest BCUT2D eigenvalue weighted by atomic mass is 32.1. The van der Waals surface area contributed by atoms with Crippen LogP contribution in [0.2, 0.25) is 0 Å². The molecule has 0 rings (SSSR count). The molecule has 0 radical (unpaired) electrons. The fraction of sp³-hybridized carbons (Fsp3) is 0.800. The minimum atomic E-state index is -1.91. The van der Waals surface area contributed by atoms with Crippen LogP contribution in [-0.4, -0.2) is 51.3 Å². The second kappa shape index (κ2) is 5.33. The maximum Gasteiger partial charge on any atom is 0.349 e. The second-order valence-electron chi connectivity index (χ2n) is 2.10. The Bertz CT molecular complexity index is 151. The van der Waals surface area contributed by atoms with E-state index in [1.54, 1.807) is 0 Å². The summed E-state index contributed by atoms with van der Waals surface area (Å²) in [7, 11) is 0. The lowest BCUT2D eigenvalue weighted by molar-refractivity contribution is -0.154. The van der Waals surface area contributed by atoms with E-state index in [0.717, 1.165) is 0 Å². The largest absolute Gasteiger partial charge is 0.394 e. The Balaban J connectivity index is 4.08. The number of hydrogen-bond donors (Lipinski definition) is 5. The molecule has 4 N–H and O–H groups in total. The molecule has 0 heterocycles. The molecule has 6 nitrogen and oxygen atoms in total. The van der Waals surface area contributed by atoms with Gasteiger partial charge in [0.15, 0.2) is 6.10 Å². The zero-order valence-electron chi connectivity index (χ0n) is 5.99. The molecule has 0 saturated carbocycles. The van der Waals surface area contributed by atoms with Gasteiger partial charge >= 0.3 is 5.97 Å². The highest BCUT2D eigenvalue weighted by molar-refractivity contribution is 7.75. The van der Waals surface area contributed by atoms with E-state index in [2.05, 4.69) is 17.1 Å². The van der Waals surface area contributed by atoms with Crippen LogP contribution in [0, 0.1) is 0 Å². The molecule has 0 spiro atoms. The smallest absolute Gasteiger partial charge is 0.349 e. The van der Waals surface area contributed by atoms with Gasteiger partial charge in [-0.1, -0.05) is 0 Å². The Kier molecular flexibility index (Phi) is 5.18. The Labute approximate surface area is 74.0 Å². The lowest BCUT2D eigenvalue weighted by Gasteiger charge is -2.18. The third-order valence-electron chi connectivity index (χ3n) is 1.24. The van der Waals surface area contributed by atoms with E-state index in [0.29, 0.717) is 0 Å². The van der Waals surface area contributed by atoms with E-state index in [1.165, 1.54) is 0 Å². The van der Waals surface area contributed by atoms with Gasteiger partial charge in [-0.05, 0) is 0 Å².